The van der Waals surface area contributed by atoms with E-state index < -0.39 is 12.0 Å². The summed E-state index contributed by atoms with van der Waals surface area (Å²) in [5, 5.41) is 3.82. The standard InChI is InChI=1S/C22H19N5O3S2/c1-31-21-26-17(15-16(23)18(19(24)28)32-20(15)27-21)13-8-5-9-14(10-13)25-22(29)30-11-12-6-3-2-4-7-12/h2-10H,11,23H2,1H3,(H2,24,28)(H,25,29). The second-order valence-electron chi connectivity index (χ2n) is 6.72. The summed E-state index contributed by atoms with van der Waals surface area (Å²) in [7, 11) is 0. The zero-order chi connectivity index (χ0) is 22.7. The van der Waals surface area contributed by atoms with Crippen molar-refractivity contribution in [1.29, 1.82) is 0 Å². The van der Waals surface area contributed by atoms with E-state index in [9.17, 15) is 9.59 Å². The van der Waals surface area contributed by atoms with E-state index in [2.05, 4.69) is 15.3 Å². The van der Waals surface area contributed by atoms with Crippen LogP contribution in [-0.2, 0) is 11.3 Å². The van der Waals surface area contributed by atoms with Crippen molar-refractivity contribution < 1.29 is 14.3 Å². The monoisotopic (exact) mass is 465 g/mol. The normalized spacial score (nSPS) is 10.8. The number of thioether (sulfide) groups is 1. The molecule has 8 nitrogen and oxygen atoms in total. The van der Waals surface area contributed by atoms with E-state index in [0.717, 1.165) is 16.9 Å². The molecule has 10 heteroatoms. The molecule has 0 aliphatic carbocycles. The molecule has 162 valence electrons. The number of nitrogens with one attached hydrogen (secondary N) is 1. The van der Waals surface area contributed by atoms with E-state index >= 15 is 0 Å². The average molecular weight is 466 g/mol. The number of fused-ring (bicyclic) bond motifs is 1. The molecule has 4 rings (SSSR count). The summed E-state index contributed by atoms with van der Waals surface area (Å²) in [6.45, 7) is 0.164. The van der Waals surface area contributed by atoms with E-state index in [-0.39, 0.29) is 17.2 Å². The van der Waals surface area contributed by atoms with Crippen LogP contribution in [0.25, 0.3) is 21.5 Å². The van der Waals surface area contributed by atoms with Crippen LogP contribution in [0.3, 0.4) is 0 Å². The number of aromatic nitrogens is 2. The van der Waals surface area contributed by atoms with Gasteiger partial charge in [-0.05, 0) is 24.0 Å². The predicted octanol–water partition coefficient (Wildman–Crippen LogP) is 4.51. The minimum atomic E-state index is -0.612. The highest BCUT2D eigenvalue weighted by Gasteiger charge is 2.21. The molecule has 0 atom stereocenters. The van der Waals surface area contributed by atoms with Crippen molar-refractivity contribution in [1.82, 2.24) is 9.97 Å². The number of benzene rings is 2. The molecule has 0 aliphatic heterocycles. The first kappa shape index (κ1) is 21.6. The highest BCUT2D eigenvalue weighted by Crippen LogP contribution is 2.39. The summed E-state index contributed by atoms with van der Waals surface area (Å²) in [6, 6.07) is 16.5. The van der Waals surface area contributed by atoms with Crippen LogP contribution >= 0.6 is 23.1 Å². The van der Waals surface area contributed by atoms with E-state index in [4.69, 9.17) is 16.2 Å². The second kappa shape index (κ2) is 9.25. The third-order valence-corrected chi connectivity index (χ3v) is 6.23. The van der Waals surface area contributed by atoms with E-state index in [1.54, 1.807) is 18.2 Å². The van der Waals surface area contributed by atoms with E-state index in [1.807, 2.05) is 42.7 Å². The number of amides is 2. The van der Waals surface area contributed by atoms with Crippen molar-refractivity contribution in [2.75, 3.05) is 17.3 Å². The lowest BCUT2D eigenvalue weighted by atomic mass is 10.1. The fraction of sp³-hybridized carbons (Fsp3) is 0.0909. The molecule has 0 spiro atoms. The Balaban J connectivity index is 1.64. The summed E-state index contributed by atoms with van der Waals surface area (Å²) < 4.78 is 5.28. The molecular weight excluding hydrogens is 446 g/mol. The Morgan fingerprint density at radius 2 is 1.91 bits per heavy atom. The van der Waals surface area contributed by atoms with Gasteiger partial charge >= 0.3 is 6.09 Å². The summed E-state index contributed by atoms with van der Waals surface area (Å²) in [5.41, 5.74) is 14.6. The first-order valence-corrected chi connectivity index (χ1v) is 11.5. The summed E-state index contributed by atoms with van der Waals surface area (Å²) in [6.07, 6.45) is 1.28. The van der Waals surface area contributed by atoms with Gasteiger partial charge in [0.25, 0.3) is 5.91 Å². The van der Waals surface area contributed by atoms with Gasteiger partial charge in [-0.15, -0.1) is 11.3 Å². The number of hydrogen-bond donors (Lipinski definition) is 3. The van der Waals surface area contributed by atoms with Gasteiger partial charge in [0.2, 0.25) is 0 Å². The number of nitrogen functional groups attached to an aromatic ring is 1. The third-order valence-electron chi connectivity index (χ3n) is 4.57. The summed E-state index contributed by atoms with van der Waals surface area (Å²) >= 11 is 2.51. The number of hydrogen-bond acceptors (Lipinski definition) is 8. The molecule has 0 fully saturated rings. The fourth-order valence-corrected chi connectivity index (χ4v) is 4.48. The fourth-order valence-electron chi connectivity index (χ4n) is 3.11. The van der Waals surface area contributed by atoms with E-state index in [0.29, 0.717) is 32.3 Å². The number of nitrogens with zero attached hydrogens (tertiary/aromatic N) is 2. The maximum absolute atomic E-state index is 12.2. The molecule has 32 heavy (non-hydrogen) atoms. The molecule has 0 unspecified atom stereocenters. The second-order valence-corrected chi connectivity index (χ2v) is 8.49. The molecular formula is C22H19N5O3S2. The Kier molecular flexibility index (Phi) is 6.24. The molecule has 5 N–H and O–H groups in total. The minimum Gasteiger partial charge on any atom is -0.444 e. The number of ether oxygens (including phenoxy) is 1. The Hall–Kier alpha value is -3.63. The van der Waals surface area contributed by atoms with Crippen LogP contribution in [0.5, 0.6) is 0 Å². The van der Waals surface area contributed by atoms with Crippen LogP contribution in [0.2, 0.25) is 0 Å². The zero-order valence-corrected chi connectivity index (χ0v) is 18.6. The van der Waals surface area contributed by atoms with Gasteiger partial charge in [-0.1, -0.05) is 54.2 Å². The minimum absolute atomic E-state index is 0.164. The maximum atomic E-state index is 12.2. The number of carbonyl (C=O) groups is 2. The van der Waals surface area contributed by atoms with Crippen molar-refractivity contribution in [2.24, 2.45) is 5.73 Å². The Morgan fingerprint density at radius 1 is 1.12 bits per heavy atom. The van der Waals surface area contributed by atoms with Crippen molar-refractivity contribution in [3.8, 4) is 11.3 Å². The largest absolute Gasteiger partial charge is 0.444 e. The molecule has 2 heterocycles. The quantitative estimate of drug-likeness (QED) is 0.282. The number of carbonyl (C=O) groups excluding carboxylic acids is 2. The lowest BCUT2D eigenvalue weighted by Crippen LogP contribution is -2.13. The highest BCUT2D eigenvalue weighted by atomic mass is 32.2. The molecule has 0 bridgehead atoms. The van der Waals surface area contributed by atoms with Crippen molar-refractivity contribution in [3.63, 3.8) is 0 Å². The molecule has 2 aromatic heterocycles. The summed E-state index contributed by atoms with van der Waals surface area (Å²) in [5.74, 6) is -0.612. The van der Waals surface area contributed by atoms with Gasteiger partial charge in [0.05, 0.1) is 16.8 Å². The number of primary amides is 1. The van der Waals surface area contributed by atoms with Crippen LogP contribution in [0.1, 0.15) is 15.2 Å². The molecule has 0 radical (unpaired) electrons. The van der Waals surface area contributed by atoms with Gasteiger partial charge in [-0.25, -0.2) is 14.8 Å². The van der Waals surface area contributed by atoms with Gasteiger partial charge in [0.1, 0.15) is 16.3 Å². The number of thiophene rings is 1. The van der Waals surface area contributed by atoms with Crippen LogP contribution < -0.4 is 16.8 Å². The highest BCUT2D eigenvalue weighted by molar-refractivity contribution is 7.98. The summed E-state index contributed by atoms with van der Waals surface area (Å²) in [4.78, 5) is 33.9. The molecule has 0 saturated carbocycles. The van der Waals surface area contributed by atoms with Crippen molar-refractivity contribution >= 4 is 56.7 Å². The number of nitrogens with two attached hydrogens (primary N) is 2. The van der Waals surface area contributed by atoms with Crippen LogP contribution in [-0.4, -0.2) is 28.2 Å². The topological polar surface area (TPSA) is 133 Å². The Bertz CT molecular complexity index is 1310. The SMILES string of the molecule is CSc1nc(-c2cccc(NC(=O)OCc3ccccc3)c2)c2c(N)c(C(N)=O)sc2n1. The Labute approximate surface area is 192 Å². The van der Waals surface area contributed by atoms with Gasteiger partial charge < -0.3 is 16.2 Å². The smallest absolute Gasteiger partial charge is 0.411 e. The van der Waals surface area contributed by atoms with Crippen LogP contribution in [0, 0.1) is 0 Å². The zero-order valence-electron chi connectivity index (χ0n) is 17.0. The maximum Gasteiger partial charge on any atom is 0.411 e. The van der Waals surface area contributed by atoms with Gasteiger partial charge in [0, 0.05) is 11.3 Å². The van der Waals surface area contributed by atoms with Gasteiger partial charge in [-0.2, -0.15) is 0 Å². The van der Waals surface area contributed by atoms with Crippen molar-refractivity contribution in [2.45, 2.75) is 11.8 Å². The lowest BCUT2D eigenvalue weighted by Gasteiger charge is -2.10. The third kappa shape index (κ3) is 4.51. The first-order valence-electron chi connectivity index (χ1n) is 9.48. The Morgan fingerprint density at radius 3 is 2.62 bits per heavy atom. The average Bonchev–Trinajstić information content (AvgIpc) is 3.14. The molecule has 0 aliphatic rings. The molecule has 0 saturated heterocycles. The first-order chi connectivity index (χ1) is 15.5. The van der Waals surface area contributed by atoms with Crippen LogP contribution in [0.15, 0.2) is 59.8 Å². The molecule has 2 amide bonds. The molecule has 4 aromatic rings. The molecule has 2 aromatic carbocycles. The van der Waals surface area contributed by atoms with Crippen molar-refractivity contribution in [3.05, 3.63) is 65.0 Å². The van der Waals surface area contributed by atoms with Gasteiger partial charge in [-0.3, -0.25) is 10.1 Å². The number of rotatable bonds is 6. The lowest BCUT2D eigenvalue weighted by molar-refractivity contribution is 0.100. The predicted molar refractivity (Wildman–Crippen MR) is 128 cm³/mol. The van der Waals surface area contributed by atoms with Gasteiger partial charge in [0.15, 0.2) is 5.16 Å². The number of anilines is 2. The van der Waals surface area contributed by atoms with Crippen LogP contribution in [0.4, 0.5) is 16.2 Å². The van der Waals surface area contributed by atoms with E-state index in [1.165, 1.54) is 11.8 Å².